The van der Waals surface area contributed by atoms with Crippen LogP contribution in [0.1, 0.15) is 45.0 Å². The second-order valence-electron chi connectivity index (χ2n) is 7.10. The molecule has 138 valence electrons. The quantitative estimate of drug-likeness (QED) is 0.686. The molecule has 0 saturated carbocycles. The number of amides is 2. The van der Waals surface area contributed by atoms with E-state index in [1.165, 1.54) is 13.8 Å². The van der Waals surface area contributed by atoms with Crippen molar-refractivity contribution in [3.05, 3.63) is 34.3 Å². The Morgan fingerprint density at radius 2 is 1.60 bits per heavy atom. The van der Waals surface area contributed by atoms with Gasteiger partial charge in [-0.25, -0.2) is 9.59 Å². The van der Waals surface area contributed by atoms with Crippen LogP contribution in [0, 0.1) is 0 Å². The predicted octanol–water partition coefficient (Wildman–Crippen LogP) is 2.94. The third kappa shape index (κ3) is 6.74. The lowest BCUT2D eigenvalue weighted by molar-refractivity contribution is -0.141. The molecule has 0 aliphatic rings. The summed E-state index contributed by atoms with van der Waals surface area (Å²) < 4.78 is 5.94. The van der Waals surface area contributed by atoms with E-state index < -0.39 is 35.2 Å². The minimum absolute atomic E-state index is 0.308. The molecule has 3 N–H and O–H groups in total. The first kappa shape index (κ1) is 21.0. The average molecular weight is 415 g/mol. The van der Waals surface area contributed by atoms with Gasteiger partial charge in [0.2, 0.25) is 0 Å². The first-order valence-corrected chi connectivity index (χ1v) is 8.41. The van der Waals surface area contributed by atoms with Crippen LogP contribution >= 0.6 is 15.9 Å². The number of ether oxygens (including phenoxy) is 1. The van der Waals surface area contributed by atoms with E-state index in [0.29, 0.717) is 5.56 Å². The second kappa shape index (κ2) is 7.86. The van der Waals surface area contributed by atoms with Crippen LogP contribution in [0.15, 0.2) is 28.7 Å². The molecule has 25 heavy (non-hydrogen) atoms. The van der Waals surface area contributed by atoms with Crippen molar-refractivity contribution in [1.82, 2.24) is 10.6 Å². The summed E-state index contributed by atoms with van der Waals surface area (Å²) in [6.07, 6.45) is -0.762. The van der Waals surface area contributed by atoms with E-state index in [4.69, 9.17) is 4.74 Å². The third-order valence-corrected chi connectivity index (χ3v) is 3.70. The highest BCUT2D eigenvalue weighted by atomic mass is 79.9. The normalized spacial score (nSPS) is 12.9. The molecule has 0 spiro atoms. The van der Waals surface area contributed by atoms with Crippen LogP contribution < -0.4 is 10.6 Å². The number of carbonyl (C=O) groups is 3. The van der Waals surface area contributed by atoms with Crippen LogP contribution in [0.2, 0.25) is 0 Å². The topological polar surface area (TPSA) is 105 Å². The Labute approximate surface area is 155 Å². The number of benzene rings is 1. The summed E-state index contributed by atoms with van der Waals surface area (Å²) in [5, 5.41) is 14.4. The predicted molar refractivity (Wildman–Crippen MR) is 96.5 cm³/mol. The van der Waals surface area contributed by atoms with E-state index in [9.17, 15) is 19.5 Å². The fourth-order valence-electron chi connectivity index (χ4n) is 2.01. The van der Waals surface area contributed by atoms with Crippen molar-refractivity contribution >= 4 is 33.9 Å². The number of alkyl carbamates (subject to hydrolysis) is 1. The van der Waals surface area contributed by atoms with Crippen molar-refractivity contribution in [1.29, 1.82) is 0 Å². The van der Waals surface area contributed by atoms with Crippen molar-refractivity contribution in [2.45, 2.75) is 51.8 Å². The Morgan fingerprint density at radius 1 is 1.08 bits per heavy atom. The van der Waals surface area contributed by atoms with Gasteiger partial charge in [-0.05, 0) is 58.9 Å². The van der Waals surface area contributed by atoms with Gasteiger partial charge in [-0.3, -0.25) is 4.79 Å². The molecule has 1 atom stereocenters. The third-order valence-electron chi connectivity index (χ3n) is 3.17. The van der Waals surface area contributed by atoms with E-state index >= 15 is 0 Å². The van der Waals surface area contributed by atoms with Crippen molar-refractivity contribution in [3.8, 4) is 0 Å². The van der Waals surface area contributed by atoms with E-state index in [0.717, 1.165) is 4.47 Å². The highest BCUT2D eigenvalue weighted by molar-refractivity contribution is 9.10. The largest absolute Gasteiger partial charge is 0.480 e. The fraction of sp³-hybridized carbons (Fsp3) is 0.471. The van der Waals surface area contributed by atoms with Crippen molar-refractivity contribution in [2.24, 2.45) is 0 Å². The molecule has 0 fully saturated rings. The molecule has 0 radical (unpaired) electrons. The smallest absolute Gasteiger partial charge is 0.408 e. The van der Waals surface area contributed by atoms with Crippen LogP contribution in [0.4, 0.5) is 4.79 Å². The summed E-state index contributed by atoms with van der Waals surface area (Å²) in [7, 11) is 0. The molecule has 0 aliphatic heterocycles. The van der Waals surface area contributed by atoms with Gasteiger partial charge in [0.25, 0.3) is 5.91 Å². The maximum absolute atomic E-state index is 12.3. The van der Waals surface area contributed by atoms with Crippen molar-refractivity contribution < 1.29 is 24.2 Å². The summed E-state index contributed by atoms with van der Waals surface area (Å²) in [4.78, 5) is 35.9. The van der Waals surface area contributed by atoms with Crippen LogP contribution in [-0.4, -0.2) is 40.3 Å². The van der Waals surface area contributed by atoms with Gasteiger partial charge < -0.3 is 20.5 Å². The molecule has 8 heteroatoms. The van der Waals surface area contributed by atoms with Gasteiger partial charge in [0.1, 0.15) is 11.6 Å². The van der Waals surface area contributed by atoms with E-state index in [2.05, 4.69) is 26.6 Å². The summed E-state index contributed by atoms with van der Waals surface area (Å²) in [5.74, 6) is -1.83. The molecular formula is C17H23BrN2O5. The molecule has 0 heterocycles. The van der Waals surface area contributed by atoms with E-state index in [1.807, 2.05) is 0 Å². The maximum Gasteiger partial charge on any atom is 0.408 e. The lowest BCUT2D eigenvalue weighted by Crippen LogP contribution is -2.62. The summed E-state index contributed by atoms with van der Waals surface area (Å²) in [6.45, 7) is 8.09. The highest BCUT2D eigenvalue weighted by Gasteiger charge is 2.39. The number of rotatable bonds is 5. The molecule has 7 nitrogen and oxygen atoms in total. The zero-order valence-corrected chi connectivity index (χ0v) is 16.4. The lowest BCUT2D eigenvalue weighted by Gasteiger charge is -2.33. The maximum atomic E-state index is 12.3. The number of carboxylic acids is 1. The number of hydrogen-bond donors (Lipinski definition) is 3. The molecule has 0 unspecified atom stereocenters. The summed E-state index contributed by atoms with van der Waals surface area (Å²) in [5.41, 5.74) is -1.69. The zero-order chi connectivity index (χ0) is 19.4. The minimum atomic E-state index is -1.35. The van der Waals surface area contributed by atoms with Crippen LogP contribution in [-0.2, 0) is 9.53 Å². The molecule has 1 aromatic carbocycles. The molecular weight excluding hydrogens is 392 g/mol. The van der Waals surface area contributed by atoms with Gasteiger partial charge in [0.05, 0.1) is 5.54 Å². The van der Waals surface area contributed by atoms with Gasteiger partial charge in [-0.1, -0.05) is 15.9 Å². The number of hydrogen-bond acceptors (Lipinski definition) is 4. The molecule has 0 aliphatic carbocycles. The molecule has 1 rings (SSSR count). The average Bonchev–Trinajstić information content (AvgIpc) is 2.41. The first-order valence-electron chi connectivity index (χ1n) is 7.62. The summed E-state index contributed by atoms with van der Waals surface area (Å²) in [6, 6.07) is 5.12. The Bertz CT molecular complexity index is 650. The number of aliphatic carboxylic acids is 1. The second-order valence-corrected chi connectivity index (χ2v) is 8.02. The first-order chi connectivity index (χ1) is 11.3. The van der Waals surface area contributed by atoms with Crippen LogP contribution in [0.3, 0.4) is 0 Å². The van der Waals surface area contributed by atoms with Gasteiger partial charge in [-0.2, -0.15) is 0 Å². The Morgan fingerprint density at radius 3 is 2.04 bits per heavy atom. The van der Waals surface area contributed by atoms with Gasteiger partial charge in [0.15, 0.2) is 0 Å². The fourth-order valence-corrected chi connectivity index (χ4v) is 2.27. The standard InChI is InChI=1S/C17H23BrN2O5/c1-16(2,3)25-15(24)20-17(4,5)12(14(22)23)19-13(21)10-6-8-11(18)9-7-10/h6-9,12H,1-5H3,(H,19,21)(H,20,24)(H,22,23)/t12-/m1/s1. The minimum Gasteiger partial charge on any atom is -0.480 e. The Balaban J connectivity index is 2.90. The zero-order valence-electron chi connectivity index (χ0n) is 14.8. The molecule has 0 saturated heterocycles. The van der Waals surface area contributed by atoms with Crippen molar-refractivity contribution in [2.75, 3.05) is 0 Å². The van der Waals surface area contributed by atoms with Gasteiger partial charge >= 0.3 is 12.1 Å². The molecule has 1 aromatic rings. The molecule has 2 amide bonds. The monoisotopic (exact) mass is 414 g/mol. The highest BCUT2D eigenvalue weighted by Crippen LogP contribution is 2.15. The van der Waals surface area contributed by atoms with Gasteiger partial charge in [0, 0.05) is 10.0 Å². The Kier molecular flexibility index (Phi) is 6.59. The number of halogens is 1. The van der Waals surface area contributed by atoms with Crippen LogP contribution in [0.5, 0.6) is 0 Å². The van der Waals surface area contributed by atoms with Crippen molar-refractivity contribution in [3.63, 3.8) is 0 Å². The summed E-state index contributed by atoms with van der Waals surface area (Å²) >= 11 is 3.26. The van der Waals surface area contributed by atoms with E-state index in [1.54, 1.807) is 45.0 Å². The molecule has 0 bridgehead atoms. The van der Waals surface area contributed by atoms with Crippen LogP contribution in [0.25, 0.3) is 0 Å². The number of carboxylic acid groups (broad SMARTS) is 1. The van der Waals surface area contributed by atoms with E-state index in [-0.39, 0.29) is 0 Å². The number of carbonyl (C=O) groups excluding carboxylic acids is 2. The lowest BCUT2D eigenvalue weighted by atomic mass is 9.94. The SMILES string of the molecule is CC(C)(C)OC(=O)NC(C)(C)[C@H](NC(=O)c1ccc(Br)cc1)C(=O)O. The Hall–Kier alpha value is -2.09. The van der Waals surface area contributed by atoms with Gasteiger partial charge in [-0.15, -0.1) is 0 Å². The molecule has 0 aromatic heterocycles. The number of nitrogens with one attached hydrogen (secondary N) is 2.